The Morgan fingerprint density at radius 3 is 2.26 bits per heavy atom. The summed E-state index contributed by atoms with van der Waals surface area (Å²) in [6.45, 7) is 3.30. The second-order valence-corrected chi connectivity index (χ2v) is 12.7. The van der Waals surface area contributed by atoms with Crippen molar-refractivity contribution in [2.45, 2.75) is 69.2 Å². The molecule has 7 nitrogen and oxygen atoms in total. The molecule has 4 fully saturated rings. The fourth-order valence-corrected chi connectivity index (χ4v) is 8.46. The van der Waals surface area contributed by atoms with E-state index >= 15 is 0 Å². The van der Waals surface area contributed by atoms with Crippen molar-refractivity contribution in [3.63, 3.8) is 0 Å². The van der Waals surface area contributed by atoms with Crippen LogP contribution < -0.4 is 11.5 Å². The summed E-state index contributed by atoms with van der Waals surface area (Å²) in [5, 5.41) is 0. The van der Waals surface area contributed by atoms with Crippen LogP contribution in [-0.2, 0) is 19.6 Å². The van der Waals surface area contributed by atoms with Crippen LogP contribution in [0.1, 0.15) is 58.8 Å². The molecule has 0 spiro atoms. The first kappa shape index (κ1) is 22.3. The van der Waals surface area contributed by atoms with Gasteiger partial charge in [0.2, 0.25) is 15.9 Å². The first-order valence-electron chi connectivity index (χ1n) is 11.0. The van der Waals surface area contributed by atoms with E-state index in [2.05, 4.69) is 0 Å². The normalized spacial score (nSPS) is 32.4. The van der Waals surface area contributed by atoms with E-state index in [1.54, 1.807) is 26.0 Å². The van der Waals surface area contributed by atoms with Gasteiger partial charge in [0.1, 0.15) is 4.90 Å². The molecule has 4 N–H and O–H groups in total. The molecule has 5 rings (SSSR count). The van der Waals surface area contributed by atoms with Crippen LogP contribution in [-0.4, -0.2) is 37.0 Å². The molecule has 0 saturated heterocycles. The Morgan fingerprint density at radius 1 is 1.13 bits per heavy atom. The second kappa shape index (κ2) is 7.04. The van der Waals surface area contributed by atoms with E-state index in [1.807, 2.05) is 0 Å². The number of hydrogen-bond donors (Lipinski definition) is 2. The van der Waals surface area contributed by atoms with Gasteiger partial charge in [-0.2, -0.15) is 4.31 Å². The van der Waals surface area contributed by atoms with Crippen molar-refractivity contribution in [2.24, 2.45) is 28.4 Å². The van der Waals surface area contributed by atoms with Gasteiger partial charge in [-0.15, -0.1) is 0 Å². The average Bonchev–Trinajstić information content (AvgIpc) is 2.66. The summed E-state index contributed by atoms with van der Waals surface area (Å²) < 4.78 is 27.6. The number of amides is 1. The summed E-state index contributed by atoms with van der Waals surface area (Å²) in [7, 11) is -2.52. The molecule has 4 aliphatic rings. The van der Waals surface area contributed by atoms with Crippen LogP contribution >= 0.6 is 0 Å². The summed E-state index contributed by atoms with van der Waals surface area (Å²) in [5.41, 5.74) is 9.89. The number of likely N-dealkylation sites (N-methyl/N-ethyl adjacent to an activating group) is 1. The van der Waals surface area contributed by atoms with E-state index in [4.69, 9.17) is 11.5 Å². The molecule has 4 aliphatic carbocycles. The third-order valence-electron chi connectivity index (χ3n) is 8.27. The van der Waals surface area contributed by atoms with Crippen LogP contribution in [0.25, 0.3) is 0 Å². The number of rotatable bonds is 7. The highest BCUT2D eigenvalue weighted by molar-refractivity contribution is 7.89. The first-order chi connectivity index (χ1) is 14.3. The number of carbonyl (C=O) groups excluding carboxylic acids is 2. The molecule has 0 aromatic heterocycles. The zero-order chi connectivity index (χ0) is 22.8. The summed E-state index contributed by atoms with van der Waals surface area (Å²) in [6.07, 6.45) is 5.53. The number of ketones is 1. The van der Waals surface area contributed by atoms with Gasteiger partial charge in [-0.1, -0.05) is 12.1 Å². The molecular weight excluding hydrogens is 414 g/mol. The number of nitrogen functional groups attached to an aromatic ring is 1. The van der Waals surface area contributed by atoms with Gasteiger partial charge < -0.3 is 11.5 Å². The van der Waals surface area contributed by atoms with E-state index in [0.717, 1.165) is 36.4 Å². The summed E-state index contributed by atoms with van der Waals surface area (Å²) in [4.78, 5) is 25.9. The van der Waals surface area contributed by atoms with E-state index in [0.29, 0.717) is 18.3 Å². The number of sulfonamides is 1. The molecule has 8 heteroatoms. The van der Waals surface area contributed by atoms with Gasteiger partial charge >= 0.3 is 0 Å². The number of primary amides is 1. The SMILES string of the molecule is CN(C(C)(C)C(=O)CC12CC3CC(C1)CC(C(N)=O)(C3)C2)S(=O)(=O)c1ccccc1N. The number of para-hydroxylation sites is 1. The average molecular weight is 448 g/mol. The number of carbonyl (C=O) groups is 2. The topological polar surface area (TPSA) is 124 Å². The van der Waals surface area contributed by atoms with Gasteiger partial charge in [0.15, 0.2) is 5.78 Å². The minimum atomic E-state index is -3.95. The predicted molar refractivity (Wildman–Crippen MR) is 118 cm³/mol. The number of nitrogens with zero attached hydrogens (tertiary/aromatic N) is 1. The molecule has 170 valence electrons. The first-order valence-corrected chi connectivity index (χ1v) is 12.4. The van der Waals surface area contributed by atoms with Crippen LogP contribution in [0.15, 0.2) is 29.2 Å². The van der Waals surface area contributed by atoms with Crippen LogP contribution in [0.2, 0.25) is 0 Å². The fraction of sp³-hybridized carbons (Fsp3) is 0.652. The third-order valence-corrected chi connectivity index (χ3v) is 10.4. The van der Waals surface area contributed by atoms with E-state index in [-0.39, 0.29) is 34.1 Å². The Bertz CT molecular complexity index is 1020. The maximum absolute atomic E-state index is 13.6. The van der Waals surface area contributed by atoms with Gasteiger partial charge in [-0.05, 0) is 81.8 Å². The Labute approximate surface area is 184 Å². The molecule has 2 atom stereocenters. The quantitative estimate of drug-likeness (QED) is 0.622. The lowest BCUT2D eigenvalue weighted by Crippen LogP contribution is -2.59. The molecule has 31 heavy (non-hydrogen) atoms. The van der Waals surface area contributed by atoms with Gasteiger partial charge in [0, 0.05) is 13.5 Å². The van der Waals surface area contributed by atoms with Crippen molar-refractivity contribution in [1.82, 2.24) is 4.31 Å². The van der Waals surface area contributed by atoms with Gasteiger partial charge in [-0.3, -0.25) is 9.59 Å². The summed E-state index contributed by atoms with van der Waals surface area (Å²) in [5.74, 6) is 0.483. The lowest BCUT2D eigenvalue weighted by Gasteiger charge is -2.61. The minimum absolute atomic E-state index is 0.000797. The number of nitrogens with two attached hydrogens (primary N) is 2. The maximum Gasteiger partial charge on any atom is 0.245 e. The van der Waals surface area contributed by atoms with Crippen LogP contribution in [0, 0.1) is 22.7 Å². The highest BCUT2D eigenvalue weighted by Gasteiger charge is 2.61. The van der Waals surface area contributed by atoms with E-state index in [1.165, 1.54) is 19.2 Å². The van der Waals surface area contributed by atoms with E-state index in [9.17, 15) is 18.0 Å². The summed E-state index contributed by atoms with van der Waals surface area (Å²) in [6, 6.07) is 6.28. The van der Waals surface area contributed by atoms with Gasteiger partial charge in [0.05, 0.1) is 16.6 Å². The molecule has 0 heterocycles. The number of anilines is 1. The largest absolute Gasteiger partial charge is 0.398 e. The van der Waals surface area contributed by atoms with Crippen molar-refractivity contribution < 1.29 is 18.0 Å². The van der Waals surface area contributed by atoms with Gasteiger partial charge in [-0.25, -0.2) is 8.42 Å². The molecule has 0 aliphatic heterocycles. The Kier molecular flexibility index (Phi) is 5.05. The zero-order valence-electron chi connectivity index (χ0n) is 18.6. The summed E-state index contributed by atoms with van der Waals surface area (Å²) >= 11 is 0. The van der Waals surface area contributed by atoms with Crippen LogP contribution in [0.5, 0.6) is 0 Å². The number of benzene rings is 1. The van der Waals surface area contributed by atoms with Crippen molar-refractivity contribution >= 4 is 27.4 Å². The molecule has 2 unspecified atom stereocenters. The molecular formula is C23H33N3O4S. The predicted octanol–water partition coefficient (Wildman–Crippen LogP) is 2.70. The van der Waals surface area contributed by atoms with Crippen molar-refractivity contribution in [3.05, 3.63) is 24.3 Å². The standard InChI is InChI=1S/C23H33N3O4S/c1-21(2,26(3)31(29,30)18-7-5-4-6-17(18)24)19(27)13-22-9-15-8-16(10-22)12-23(11-15,14-22)20(25)28/h4-7,15-16H,8-14,24H2,1-3H3,(H2,25,28). The van der Waals surface area contributed by atoms with Crippen LogP contribution in [0.3, 0.4) is 0 Å². The molecule has 4 bridgehead atoms. The monoisotopic (exact) mass is 447 g/mol. The van der Waals surface area contributed by atoms with Crippen LogP contribution in [0.4, 0.5) is 5.69 Å². The third kappa shape index (κ3) is 3.48. The lowest BCUT2D eigenvalue weighted by molar-refractivity contribution is -0.159. The number of hydrogen-bond acceptors (Lipinski definition) is 5. The molecule has 4 saturated carbocycles. The highest BCUT2D eigenvalue weighted by atomic mass is 32.2. The lowest BCUT2D eigenvalue weighted by atomic mass is 9.43. The molecule has 0 radical (unpaired) electrons. The van der Waals surface area contributed by atoms with Crippen molar-refractivity contribution in [1.29, 1.82) is 0 Å². The van der Waals surface area contributed by atoms with Crippen molar-refractivity contribution in [2.75, 3.05) is 12.8 Å². The van der Waals surface area contributed by atoms with E-state index < -0.39 is 21.0 Å². The fourth-order valence-electron chi connectivity index (χ4n) is 6.84. The Morgan fingerprint density at radius 2 is 1.71 bits per heavy atom. The Hall–Kier alpha value is -1.93. The zero-order valence-corrected chi connectivity index (χ0v) is 19.4. The van der Waals surface area contributed by atoms with Gasteiger partial charge in [0.25, 0.3) is 0 Å². The number of Topliss-reactive ketones (excluding diaryl/α,β-unsaturated/α-hetero) is 1. The molecule has 1 amide bonds. The Balaban J connectivity index is 1.59. The highest BCUT2D eigenvalue weighted by Crippen LogP contribution is 2.66. The molecule has 1 aromatic carbocycles. The molecule has 1 aromatic rings. The smallest absolute Gasteiger partial charge is 0.245 e. The minimum Gasteiger partial charge on any atom is -0.398 e. The maximum atomic E-state index is 13.6. The van der Waals surface area contributed by atoms with Crippen molar-refractivity contribution in [3.8, 4) is 0 Å². The second-order valence-electron chi connectivity index (χ2n) is 10.8.